The molecule has 0 atom stereocenters. The van der Waals surface area contributed by atoms with Crippen molar-refractivity contribution in [1.29, 1.82) is 0 Å². The zero-order chi connectivity index (χ0) is 13.2. The van der Waals surface area contributed by atoms with Gasteiger partial charge in [0.05, 0.1) is 15.1 Å². The van der Waals surface area contributed by atoms with Crippen molar-refractivity contribution in [3.8, 4) is 5.75 Å². The minimum Gasteiger partial charge on any atom is -0.541 e. The Kier molecular flexibility index (Phi) is 5.67. The standard InChI is InChI=1S/C11H11Cl4OSi/c1-4-5-6-7(12)8(13)9(14)10(15)11(6)16-17(2)3/h4H,1,5H2,2-3H3/p+1. The van der Waals surface area contributed by atoms with E-state index in [4.69, 9.17) is 50.8 Å². The van der Waals surface area contributed by atoms with Crippen molar-refractivity contribution < 1.29 is 5.85 Å². The van der Waals surface area contributed by atoms with Gasteiger partial charge in [0.25, 0.3) is 9.04 Å². The lowest BCUT2D eigenvalue weighted by Gasteiger charge is -2.18. The highest BCUT2D eigenvalue weighted by Crippen LogP contribution is 2.46. The van der Waals surface area contributed by atoms with Crippen LogP contribution < -0.4 is 4.43 Å². The van der Waals surface area contributed by atoms with Crippen LogP contribution in [0.5, 0.6) is 5.75 Å². The molecule has 1 aromatic rings. The van der Waals surface area contributed by atoms with Gasteiger partial charge in [0.15, 0.2) is 0 Å². The number of hydrogen-bond acceptors (Lipinski definition) is 1. The van der Waals surface area contributed by atoms with Crippen molar-refractivity contribution in [2.75, 3.05) is 0 Å². The summed E-state index contributed by atoms with van der Waals surface area (Å²) < 4.78 is 5.74. The molecule has 0 aliphatic rings. The van der Waals surface area contributed by atoms with Crippen molar-refractivity contribution >= 4 is 55.4 Å². The molecule has 0 heterocycles. The van der Waals surface area contributed by atoms with E-state index >= 15 is 0 Å². The molecule has 0 saturated heterocycles. The van der Waals surface area contributed by atoms with Crippen LogP contribution in [-0.2, 0) is 6.42 Å². The molecular formula is C11H12Cl4OSi+. The van der Waals surface area contributed by atoms with E-state index in [2.05, 4.69) is 6.58 Å². The number of halogens is 4. The Labute approximate surface area is 124 Å². The maximum absolute atomic E-state index is 6.15. The van der Waals surface area contributed by atoms with E-state index in [1.807, 2.05) is 13.1 Å². The average Bonchev–Trinajstić information content (AvgIpc) is 2.28. The molecule has 93 valence electrons. The lowest BCUT2D eigenvalue weighted by molar-refractivity contribution is 0.574. The molecule has 0 spiro atoms. The van der Waals surface area contributed by atoms with E-state index < -0.39 is 9.04 Å². The SMILES string of the molecule is C=CCc1c(Cl)c(Cl)c(Cl)c(Cl)c1O[Si](C)C.[H+]. The molecule has 0 aliphatic heterocycles. The number of benzene rings is 1. The monoisotopic (exact) mass is 328 g/mol. The van der Waals surface area contributed by atoms with Crippen LogP contribution in [0.2, 0.25) is 33.2 Å². The van der Waals surface area contributed by atoms with E-state index in [1.54, 1.807) is 6.08 Å². The van der Waals surface area contributed by atoms with Crippen molar-refractivity contribution in [2.45, 2.75) is 19.5 Å². The van der Waals surface area contributed by atoms with E-state index in [-0.39, 0.29) is 11.5 Å². The largest absolute Gasteiger partial charge is 1.00 e. The zero-order valence-electron chi connectivity index (χ0n) is 10.4. The number of allylic oxidation sites excluding steroid dienone is 1. The highest BCUT2D eigenvalue weighted by Gasteiger charge is 2.21. The smallest absolute Gasteiger partial charge is 0.541 e. The van der Waals surface area contributed by atoms with Gasteiger partial charge in [0.2, 0.25) is 0 Å². The molecule has 0 unspecified atom stereocenters. The first-order valence-corrected chi connectivity index (χ1v) is 8.75. The Morgan fingerprint density at radius 2 is 1.65 bits per heavy atom. The molecule has 1 radical (unpaired) electrons. The summed E-state index contributed by atoms with van der Waals surface area (Å²) in [5, 5.41) is 1.16. The molecular weight excluding hydrogens is 318 g/mol. The molecule has 6 heteroatoms. The van der Waals surface area contributed by atoms with Gasteiger partial charge in [-0.2, -0.15) is 0 Å². The van der Waals surface area contributed by atoms with Crippen LogP contribution in [0.25, 0.3) is 0 Å². The van der Waals surface area contributed by atoms with E-state index in [0.717, 1.165) is 5.56 Å². The quantitative estimate of drug-likeness (QED) is 0.295. The average molecular weight is 330 g/mol. The lowest BCUT2D eigenvalue weighted by Crippen LogP contribution is -2.13. The molecule has 0 saturated carbocycles. The second-order valence-corrected chi connectivity index (χ2v) is 7.10. The predicted octanol–water partition coefficient (Wildman–Crippen LogP) is 5.77. The number of hydrogen-bond donors (Lipinski definition) is 0. The minimum atomic E-state index is -0.974. The van der Waals surface area contributed by atoms with Gasteiger partial charge in [-0.25, -0.2) is 0 Å². The minimum absolute atomic E-state index is 0. The molecule has 0 bridgehead atoms. The Morgan fingerprint density at radius 1 is 1.12 bits per heavy atom. The third-order valence-corrected chi connectivity index (χ3v) is 4.41. The first-order chi connectivity index (χ1) is 7.90. The van der Waals surface area contributed by atoms with Crippen LogP contribution in [0.1, 0.15) is 6.99 Å². The maximum Gasteiger partial charge on any atom is 1.00 e. The summed E-state index contributed by atoms with van der Waals surface area (Å²) in [4.78, 5) is 0. The van der Waals surface area contributed by atoms with Crippen molar-refractivity contribution in [3.63, 3.8) is 0 Å². The van der Waals surface area contributed by atoms with Gasteiger partial charge in [0.1, 0.15) is 10.8 Å². The molecule has 1 nitrogen and oxygen atoms in total. The Hall–Kier alpha value is 0.137. The Bertz CT molecular complexity index is 451. The van der Waals surface area contributed by atoms with Crippen molar-refractivity contribution in [1.82, 2.24) is 0 Å². The fourth-order valence-corrected chi connectivity index (χ4v) is 2.98. The first-order valence-electron chi connectivity index (χ1n) is 4.83. The highest BCUT2D eigenvalue weighted by molar-refractivity contribution is 6.53. The second kappa shape index (κ2) is 6.35. The van der Waals surface area contributed by atoms with Crippen LogP contribution in [-0.4, -0.2) is 9.04 Å². The molecule has 0 amide bonds. The molecule has 1 aromatic carbocycles. The van der Waals surface area contributed by atoms with E-state index in [9.17, 15) is 0 Å². The van der Waals surface area contributed by atoms with Crippen LogP contribution in [0.15, 0.2) is 12.7 Å². The van der Waals surface area contributed by atoms with E-state index in [0.29, 0.717) is 22.2 Å². The normalized spacial score (nSPS) is 10.8. The second-order valence-electron chi connectivity index (χ2n) is 3.57. The Morgan fingerprint density at radius 3 is 2.12 bits per heavy atom. The topological polar surface area (TPSA) is 9.23 Å². The molecule has 0 aromatic heterocycles. The molecule has 0 N–H and O–H groups in total. The maximum atomic E-state index is 6.15. The van der Waals surface area contributed by atoms with Crippen molar-refractivity contribution in [3.05, 3.63) is 38.3 Å². The van der Waals surface area contributed by atoms with Crippen molar-refractivity contribution in [2.24, 2.45) is 0 Å². The van der Waals surface area contributed by atoms with Gasteiger partial charge in [-0.05, 0) is 19.5 Å². The summed E-state index contributed by atoms with van der Waals surface area (Å²) in [6, 6.07) is 0. The van der Waals surface area contributed by atoms with Gasteiger partial charge in [-0.1, -0.05) is 52.5 Å². The molecule has 0 aliphatic carbocycles. The summed E-state index contributed by atoms with van der Waals surface area (Å²) in [5.41, 5.74) is 0.729. The van der Waals surface area contributed by atoms with Gasteiger partial charge in [-0.3, -0.25) is 0 Å². The molecule has 0 fully saturated rings. The third-order valence-electron chi connectivity index (χ3n) is 1.97. The molecule has 17 heavy (non-hydrogen) atoms. The fraction of sp³-hybridized carbons (Fsp3) is 0.273. The zero-order valence-corrected chi connectivity index (χ0v) is 13.4. The Balaban J connectivity index is 0.00000289. The third kappa shape index (κ3) is 3.33. The summed E-state index contributed by atoms with van der Waals surface area (Å²) >= 11 is 24.3. The fourth-order valence-electron chi connectivity index (χ4n) is 1.29. The lowest BCUT2D eigenvalue weighted by atomic mass is 10.1. The number of rotatable bonds is 4. The highest BCUT2D eigenvalue weighted by atomic mass is 35.5. The summed E-state index contributed by atoms with van der Waals surface area (Å²) in [7, 11) is -0.974. The van der Waals surface area contributed by atoms with Crippen LogP contribution in [0, 0.1) is 0 Å². The van der Waals surface area contributed by atoms with Gasteiger partial charge >= 0.3 is 1.43 Å². The van der Waals surface area contributed by atoms with Crippen LogP contribution >= 0.6 is 46.4 Å². The first kappa shape index (κ1) is 15.2. The summed E-state index contributed by atoms with van der Waals surface area (Å²) in [6.45, 7) is 7.66. The van der Waals surface area contributed by atoms with Crippen LogP contribution in [0.3, 0.4) is 0 Å². The van der Waals surface area contributed by atoms with Gasteiger partial charge in [0, 0.05) is 5.56 Å². The molecule has 1 rings (SSSR count). The summed E-state index contributed by atoms with van der Waals surface area (Å²) in [5.74, 6) is 0.518. The summed E-state index contributed by atoms with van der Waals surface area (Å²) in [6.07, 6.45) is 2.24. The van der Waals surface area contributed by atoms with Gasteiger partial charge in [-0.15, -0.1) is 6.58 Å². The predicted molar refractivity (Wildman–Crippen MR) is 79.6 cm³/mol. The van der Waals surface area contributed by atoms with Gasteiger partial charge < -0.3 is 4.43 Å². The van der Waals surface area contributed by atoms with E-state index in [1.165, 1.54) is 0 Å². The van der Waals surface area contributed by atoms with Crippen LogP contribution in [0.4, 0.5) is 0 Å².